The van der Waals surface area contributed by atoms with E-state index in [1.807, 2.05) is 13.0 Å². The maximum absolute atomic E-state index is 13.1. The van der Waals surface area contributed by atoms with Crippen molar-refractivity contribution in [3.8, 4) is 5.95 Å². The van der Waals surface area contributed by atoms with Crippen LogP contribution in [0.3, 0.4) is 0 Å². The number of hydrogen-bond donors (Lipinski definition) is 0. The number of hydrogen-bond acceptors (Lipinski definition) is 4. The first-order valence-corrected chi connectivity index (χ1v) is 7.58. The molecule has 0 radical (unpaired) electrons. The lowest BCUT2D eigenvalue weighted by molar-refractivity contribution is 0.561. The molecule has 116 valence electrons. The number of fused-ring (bicyclic) bond motifs is 1. The zero-order valence-corrected chi connectivity index (χ0v) is 12.8. The van der Waals surface area contributed by atoms with Crippen LogP contribution in [0.15, 0.2) is 42.6 Å². The van der Waals surface area contributed by atoms with Crippen LogP contribution in [0.1, 0.15) is 16.8 Å². The van der Waals surface area contributed by atoms with Crippen LogP contribution in [-0.4, -0.2) is 26.3 Å². The van der Waals surface area contributed by atoms with Gasteiger partial charge in [0, 0.05) is 37.1 Å². The monoisotopic (exact) mass is 309 g/mol. The van der Waals surface area contributed by atoms with Gasteiger partial charge in [-0.2, -0.15) is 9.37 Å². The molecule has 2 aromatic heterocycles. The highest BCUT2D eigenvalue weighted by molar-refractivity contribution is 5.46. The molecule has 0 unspecified atom stereocenters. The predicted octanol–water partition coefficient (Wildman–Crippen LogP) is 2.67. The Morgan fingerprint density at radius 1 is 1.09 bits per heavy atom. The van der Waals surface area contributed by atoms with E-state index in [0.717, 1.165) is 31.0 Å². The molecule has 1 aliphatic rings. The Morgan fingerprint density at radius 3 is 2.70 bits per heavy atom. The summed E-state index contributed by atoms with van der Waals surface area (Å²) in [6.45, 7) is 3.63. The average Bonchev–Trinajstić information content (AvgIpc) is 3.00. The molecule has 0 saturated carbocycles. The number of anilines is 1. The maximum atomic E-state index is 13.1. The van der Waals surface area contributed by atoms with Crippen molar-refractivity contribution in [3.05, 3.63) is 65.4 Å². The third-order valence-electron chi connectivity index (χ3n) is 4.04. The van der Waals surface area contributed by atoms with Crippen molar-refractivity contribution in [2.75, 3.05) is 11.4 Å². The molecule has 5 nitrogen and oxygen atoms in total. The summed E-state index contributed by atoms with van der Waals surface area (Å²) in [7, 11) is 0. The molecule has 1 aromatic carbocycles. The lowest BCUT2D eigenvalue weighted by atomic mass is 10.00. The second-order valence-corrected chi connectivity index (χ2v) is 5.69. The van der Waals surface area contributed by atoms with Gasteiger partial charge in [0.05, 0.1) is 0 Å². The second kappa shape index (κ2) is 5.46. The Bertz CT molecular complexity index is 858. The van der Waals surface area contributed by atoms with Crippen LogP contribution < -0.4 is 4.90 Å². The molecule has 0 bridgehead atoms. The van der Waals surface area contributed by atoms with Gasteiger partial charge >= 0.3 is 0 Å². The van der Waals surface area contributed by atoms with Gasteiger partial charge in [-0.25, -0.2) is 9.67 Å². The smallest absolute Gasteiger partial charge is 0.252 e. The Kier molecular flexibility index (Phi) is 3.29. The largest absolute Gasteiger partial charge is 0.352 e. The third-order valence-corrected chi connectivity index (χ3v) is 4.04. The SMILES string of the molecule is Cc1cc(N2CCc3ccccc3C2)nc(-n2ccc(F)n2)n1. The highest BCUT2D eigenvalue weighted by atomic mass is 19.1. The van der Waals surface area contributed by atoms with Crippen molar-refractivity contribution in [3.63, 3.8) is 0 Å². The lowest BCUT2D eigenvalue weighted by Crippen LogP contribution is -2.31. The van der Waals surface area contributed by atoms with Gasteiger partial charge in [0.2, 0.25) is 5.95 Å². The van der Waals surface area contributed by atoms with Gasteiger partial charge in [-0.05, 0) is 24.5 Å². The number of halogens is 1. The van der Waals surface area contributed by atoms with Crippen LogP contribution in [0.5, 0.6) is 0 Å². The molecule has 0 saturated heterocycles. The summed E-state index contributed by atoms with van der Waals surface area (Å²) in [5.41, 5.74) is 3.55. The van der Waals surface area contributed by atoms with Crippen molar-refractivity contribution < 1.29 is 4.39 Å². The molecule has 0 fully saturated rings. The number of benzene rings is 1. The number of rotatable bonds is 2. The van der Waals surface area contributed by atoms with E-state index in [4.69, 9.17) is 0 Å². The van der Waals surface area contributed by atoms with Gasteiger partial charge in [-0.1, -0.05) is 24.3 Å². The van der Waals surface area contributed by atoms with E-state index < -0.39 is 5.95 Å². The van der Waals surface area contributed by atoms with Crippen molar-refractivity contribution in [2.24, 2.45) is 0 Å². The standard InChI is InChI=1S/C17H16FN5/c1-12-10-16(20-17(19-12)23-9-7-15(18)21-23)22-8-6-13-4-2-3-5-14(13)11-22/h2-5,7,9-10H,6,8,11H2,1H3. The molecule has 3 aromatic rings. The number of nitrogens with zero attached hydrogens (tertiary/aromatic N) is 5. The summed E-state index contributed by atoms with van der Waals surface area (Å²) < 4.78 is 14.5. The summed E-state index contributed by atoms with van der Waals surface area (Å²) >= 11 is 0. The second-order valence-electron chi connectivity index (χ2n) is 5.69. The lowest BCUT2D eigenvalue weighted by Gasteiger charge is -2.30. The van der Waals surface area contributed by atoms with E-state index in [1.54, 1.807) is 0 Å². The molecule has 0 amide bonds. The van der Waals surface area contributed by atoms with E-state index in [2.05, 4.69) is 44.2 Å². The quantitative estimate of drug-likeness (QED) is 0.730. The minimum Gasteiger partial charge on any atom is -0.352 e. The highest BCUT2D eigenvalue weighted by Crippen LogP contribution is 2.23. The Morgan fingerprint density at radius 2 is 1.91 bits per heavy atom. The van der Waals surface area contributed by atoms with Crippen LogP contribution in [0.25, 0.3) is 5.95 Å². The zero-order chi connectivity index (χ0) is 15.8. The normalized spacial score (nSPS) is 13.9. The Hall–Kier alpha value is -2.76. The molecular weight excluding hydrogens is 293 g/mol. The first kappa shape index (κ1) is 13.9. The van der Waals surface area contributed by atoms with Gasteiger partial charge < -0.3 is 4.90 Å². The molecule has 3 heterocycles. The molecule has 4 rings (SSSR count). The molecule has 0 aliphatic carbocycles. The van der Waals surface area contributed by atoms with Gasteiger partial charge in [-0.15, -0.1) is 5.10 Å². The molecular formula is C17H16FN5. The van der Waals surface area contributed by atoms with Crippen LogP contribution >= 0.6 is 0 Å². The molecule has 1 aliphatic heterocycles. The average molecular weight is 309 g/mol. The third kappa shape index (κ3) is 2.67. The van der Waals surface area contributed by atoms with Gasteiger partial charge in [0.15, 0.2) is 0 Å². The minimum atomic E-state index is -0.538. The van der Waals surface area contributed by atoms with Crippen molar-refractivity contribution in [2.45, 2.75) is 19.9 Å². The Labute approximate surface area is 133 Å². The number of aromatic nitrogens is 4. The zero-order valence-electron chi connectivity index (χ0n) is 12.8. The summed E-state index contributed by atoms with van der Waals surface area (Å²) in [6.07, 6.45) is 2.52. The molecule has 6 heteroatoms. The molecule has 0 spiro atoms. The predicted molar refractivity (Wildman–Crippen MR) is 85.0 cm³/mol. The first-order valence-electron chi connectivity index (χ1n) is 7.58. The fraction of sp³-hybridized carbons (Fsp3) is 0.235. The van der Waals surface area contributed by atoms with Crippen LogP contribution in [-0.2, 0) is 13.0 Å². The van der Waals surface area contributed by atoms with E-state index >= 15 is 0 Å². The number of aryl methyl sites for hydroxylation is 1. The van der Waals surface area contributed by atoms with E-state index in [0.29, 0.717) is 5.95 Å². The maximum Gasteiger partial charge on any atom is 0.252 e. The fourth-order valence-corrected chi connectivity index (χ4v) is 2.91. The molecule has 23 heavy (non-hydrogen) atoms. The van der Waals surface area contributed by atoms with Crippen LogP contribution in [0.4, 0.5) is 10.2 Å². The van der Waals surface area contributed by atoms with E-state index in [-0.39, 0.29) is 0 Å². The Balaban J connectivity index is 1.69. The summed E-state index contributed by atoms with van der Waals surface area (Å²) in [5.74, 6) is 0.698. The van der Waals surface area contributed by atoms with Gasteiger partial charge in [-0.3, -0.25) is 0 Å². The minimum absolute atomic E-state index is 0.391. The van der Waals surface area contributed by atoms with Crippen molar-refractivity contribution in [1.82, 2.24) is 19.7 Å². The van der Waals surface area contributed by atoms with Crippen molar-refractivity contribution >= 4 is 5.82 Å². The van der Waals surface area contributed by atoms with Gasteiger partial charge in [0.25, 0.3) is 5.95 Å². The summed E-state index contributed by atoms with van der Waals surface area (Å²) in [6, 6.07) is 11.7. The van der Waals surface area contributed by atoms with E-state index in [1.165, 1.54) is 28.1 Å². The van der Waals surface area contributed by atoms with E-state index in [9.17, 15) is 4.39 Å². The summed E-state index contributed by atoms with van der Waals surface area (Å²) in [4.78, 5) is 11.1. The van der Waals surface area contributed by atoms with Crippen LogP contribution in [0.2, 0.25) is 0 Å². The molecule has 0 atom stereocenters. The highest BCUT2D eigenvalue weighted by Gasteiger charge is 2.18. The van der Waals surface area contributed by atoms with Crippen LogP contribution in [0, 0.1) is 12.9 Å². The summed E-state index contributed by atoms with van der Waals surface area (Å²) in [5, 5.41) is 3.75. The topological polar surface area (TPSA) is 46.8 Å². The fourth-order valence-electron chi connectivity index (χ4n) is 2.91. The molecule has 0 N–H and O–H groups in total. The van der Waals surface area contributed by atoms with Gasteiger partial charge in [0.1, 0.15) is 5.82 Å². The van der Waals surface area contributed by atoms with Crippen molar-refractivity contribution in [1.29, 1.82) is 0 Å². The first-order chi connectivity index (χ1) is 11.2.